The predicted molar refractivity (Wildman–Crippen MR) is 52.8 cm³/mol. The molecule has 1 aromatic carbocycles. The van der Waals surface area contributed by atoms with Crippen molar-refractivity contribution in [3.63, 3.8) is 0 Å². The van der Waals surface area contributed by atoms with Crippen molar-refractivity contribution in [1.29, 1.82) is 0 Å². The van der Waals surface area contributed by atoms with Gasteiger partial charge in [0, 0.05) is 12.1 Å². The maximum absolute atomic E-state index is 11.8. The smallest absolute Gasteiger partial charge is 0.424 e. The third-order valence-corrected chi connectivity index (χ3v) is 1.97. The van der Waals surface area contributed by atoms with Crippen LogP contribution >= 0.6 is 0 Å². The first kappa shape index (κ1) is 11.4. The van der Waals surface area contributed by atoms with Gasteiger partial charge in [-0.15, -0.1) is 4.57 Å². The standard InChI is InChI=1S/C12H10NO.ClH/c14-12(11-7-3-1-4-8-11)13-9-5-2-6-10-13;/h1-10H;1H/q+1;/p-1. The number of halogens is 1. The largest absolute Gasteiger partial charge is 1.00 e. The Hall–Kier alpha value is -1.67. The summed E-state index contributed by atoms with van der Waals surface area (Å²) in [5.41, 5.74) is 0.698. The van der Waals surface area contributed by atoms with Crippen LogP contribution in [0.1, 0.15) is 10.4 Å². The van der Waals surface area contributed by atoms with Gasteiger partial charge in [-0.1, -0.05) is 24.3 Å². The zero-order chi connectivity index (χ0) is 9.80. The second-order valence-corrected chi connectivity index (χ2v) is 2.95. The zero-order valence-corrected chi connectivity index (χ0v) is 8.76. The molecule has 2 rings (SSSR count). The lowest BCUT2D eigenvalue weighted by molar-refractivity contribution is -0.570. The topological polar surface area (TPSA) is 20.9 Å². The Kier molecular flexibility index (Phi) is 4.01. The molecule has 0 radical (unpaired) electrons. The van der Waals surface area contributed by atoms with E-state index in [2.05, 4.69) is 0 Å². The van der Waals surface area contributed by atoms with Crippen LogP contribution in [0.3, 0.4) is 0 Å². The van der Waals surface area contributed by atoms with E-state index in [4.69, 9.17) is 0 Å². The van der Waals surface area contributed by atoms with Crippen LogP contribution < -0.4 is 17.0 Å². The maximum Gasteiger partial charge on any atom is 0.424 e. The van der Waals surface area contributed by atoms with Gasteiger partial charge in [0.2, 0.25) is 0 Å². The molecule has 0 fully saturated rings. The van der Waals surface area contributed by atoms with E-state index in [9.17, 15) is 4.79 Å². The van der Waals surface area contributed by atoms with E-state index in [-0.39, 0.29) is 18.3 Å². The Bertz CT molecular complexity index is 386. The molecule has 76 valence electrons. The summed E-state index contributed by atoms with van der Waals surface area (Å²) in [5.74, 6) is -0.00815. The molecule has 0 spiro atoms. The van der Waals surface area contributed by atoms with Crippen molar-refractivity contribution in [2.24, 2.45) is 0 Å². The highest BCUT2D eigenvalue weighted by Gasteiger charge is 2.14. The molecular formula is C12H10ClNO. The van der Waals surface area contributed by atoms with Gasteiger partial charge in [-0.2, -0.15) is 0 Å². The van der Waals surface area contributed by atoms with E-state index in [0.29, 0.717) is 5.56 Å². The van der Waals surface area contributed by atoms with Crippen LogP contribution in [0.2, 0.25) is 0 Å². The molecule has 0 N–H and O–H groups in total. The second-order valence-electron chi connectivity index (χ2n) is 2.95. The SMILES string of the molecule is O=C(c1ccccc1)[n+]1ccccc1.[Cl-]. The molecule has 3 heteroatoms. The van der Waals surface area contributed by atoms with Crippen molar-refractivity contribution < 1.29 is 21.8 Å². The molecule has 1 heterocycles. The number of rotatable bonds is 1. The molecule has 0 amide bonds. The fourth-order valence-electron chi connectivity index (χ4n) is 1.26. The Morgan fingerprint density at radius 1 is 0.867 bits per heavy atom. The van der Waals surface area contributed by atoms with Crippen LogP contribution in [-0.2, 0) is 0 Å². The molecule has 2 nitrogen and oxygen atoms in total. The van der Waals surface area contributed by atoms with Gasteiger partial charge in [0.05, 0.1) is 5.56 Å². The fourth-order valence-corrected chi connectivity index (χ4v) is 1.26. The number of pyridine rings is 1. The van der Waals surface area contributed by atoms with E-state index in [1.54, 1.807) is 17.0 Å². The van der Waals surface area contributed by atoms with Crippen LogP contribution in [0.15, 0.2) is 60.9 Å². The molecule has 0 saturated carbocycles. The highest BCUT2D eigenvalue weighted by molar-refractivity contribution is 5.86. The summed E-state index contributed by atoms with van der Waals surface area (Å²) in [6, 6.07) is 14.8. The van der Waals surface area contributed by atoms with Crippen molar-refractivity contribution in [3.8, 4) is 0 Å². The van der Waals surface area contributed by atoms with E-state index < -0.39 is 0 Å². The lowest BCUT2D eigenvalue weighted by Gasteiger charge is -1.93. The van der Waals surface area contributed by atoms with E-state index in [1.165, 1.54) is 0 Å². The number of carbonyl (C=O) groups excluding carboxylic acids is 1. The molecule has 0 unspecified atom stereocenters. The van der Waals surface area contributed by atoms with Crippen LogP contribution in [0.4, 0.5) is 0 Å². The van der Waals surface area contributed by atoms with Gasteiger partial charge >= 0.3 is 5.91 Å². The first-order valence-electron chi connectivity index (χ1n) is 4.44. The maximum atomic E-state index is 11.8. The summed E-state index contributed by atoms with van der Waals surface area (Å²) in [7, 11) is 0. The summed E-state index contributed by atoms with van der Waals surface area (Å²) < 4.78 is 1.56. The summed E-state index contributed by atoms with van der Waals surface area (Å²) in [6.45, 7) is 0. The summed E-state index contributed by atoms with van der Waals surface area (Å²) in [5, 5.41) is 0. The van der Waals surface area contributed by atoms with Crippen molar-refractivity contribution >= 4 is 5.91 Å². The van der Waals surface area contributed by atoms with Crippen LogP contribution in [0.25, 0.3) is 0 Å². The van der Waals surface area contributed by atoms with Gasteiger partial charge in [0.25, 0.3) is 0 Å². The normalized spacial score (nSPS) is 9.07. The molecule has 0 aliphatic rings. The average molecular weight is 220 g/mol. The number of carbonyl (C=O) groups is 1. The van der Waals surface area contributed by atoms with Gasteiger partial charge in [-0.25, -0.2) is 4.79 Å². The Morgan fingerprint density at radius 2 is 1.40 bits per heavy atom. The molecule has 0 aliphatic carbocycles. The molecule has 2 aromatic rings. The molecule has 0 aliphatic heterocycles. The molecule has 0 atom stereocenters. The van der Waals surface area contributed by atoms with Crippen molar-refractivity contribution in [3.05, 3.63) is 66.5 Å². The number of hydrogen-bond acceptors (Lipinski definition) is 1. The highest BCUT2D eigenvalue weighted by Crippen LogP contribution is 1.97. The fraction of sp³-hybridized carbons (Fsp3) is 0. The first-order valence-corrected chi connectivity index (χ1v) is 4.44. The number of aromatic nitrogens is 1. The van der Waals surface area contributed by atoms with Gasteiger partial charge in [-0.05, 0) is 12.1 Å². The zero-order valence-electron chi connectivity index (χ0n) is 8.01. The molecule has 0 saturated heterocycles. The minimum absolute atomic E-state index is 0. The quantitative estimate of drug-likeness (QED) is 0.545. The summed E-state index contributed by atoms with van der Waals surface area (Å²) in [4.78, 5) is 11.8. The van der Waals surface area contributed by atoms with Crippen LogP contribution in [0, 0.1) is 0 Å². The Balaban J connectivity index is 0.00000112. The average Bonchev–Trinajstić information content (AvgIpc) is 2.30. The summed E-state index contributed by atoms with van der Waals surface area (Å²) >= 11 is 0. The van der Waals surface area contributed by atoms with Gasteiger partial charge in [-0.3, -0.25) is 0 Å². The minimum Gasteiger partial charge on any atom is -1.00 e. The number of benzene rings is 1. The van der Waals surface area contributed by atoms with Gasteiger partial charge < -0.3 is 12.4 Å². The predicted octanol–water partition coefficient (Wildman–Crippen LogP) is -1.33. The van der Waals surface area contributed by atoms with Gasteiger partial charge in [0.15, 0.2) is 12.4 Å². The molecule has 1 aromatic heterocycles. The lowest BCUT2D eigenvalue weighted by Crippen LogP contribution is -3.00. The Labute approximate surface area is 94.6 Å². The van der Waals surface area contributed by atoms with Crippen molar-refractivity contribution in [2.75, 3.05) is 0 Å². The first-order chi connectivity index (χ1) is 6.88. The monoisotopic (exact) mass is 219 g/mol. The lowest BCUT2D eigenvalue weighted by atomic mass is 10.2. The van der Waals surface area contributed by atoms with E-state index in [0.717, 1.165) is 0 Å². The van der Waals surface area contributed by atoms with Crippen LogP contribution in [0.5, 0.6) is 0 Å². The molecule has 0 bridgehead atoms. The minimum atomic E-state index is -0.00815. The van der Waals surface area contributed by atoms with E-state index >= 15 is 0 Å². The molecule has 15 heavy (non-hydrogen) atoms. The third-order valence-electron chi connectivity index (χ3n) is 1.97. The highest BCUT2D eigenvalue weighted by atomic mass is 35.5. The van der Waals surface area contributed by atoms with Gasteiger partial charge in [0.1, 0.15) is 0 Å². The van der Waals surface area contributed by atoms with E-state index in [1.807, 2.05) is 48.5 Å². The van der Waals surface area contributed by atoms with Crippen molar-refractivity contribution in [2.45, 2.75) is 0 Å². The van der Waals surface area contributed by atoms with Crippen LogP contribution in [-0.4, -0.2) is 5.91 Å². The number of hydrogen-bond donors (Lipinski definition) is 0. The number of nitrogens with zero attached hydrogens (tertiary/aromatic N) is 1. The molecular weight excluding hydrogens is 210 g/mol. The Morgan fingerprint density at radius 3 is 2.00 bits per heavy atom. The second kappa shape index (κ2) is 5.27. The third kappa shape index (κ3) is 2.64. The van der Waals surface area contributed by atoms with Crippen molar-refractivity contribution in [1.82, 2.24) is 0 Å². The summed E-state index contributed by atoms with van der Waals surface area (Å²) in [6.07, 6.45) is 3.49.